The first-order valence-corrected chi connectivity index (χ1v) is 5.70. The monoisotopic (exact) mass is 226 g/mol. The largest absolute Gasteiger partial charge is 0.494 e. The molecule has 0 amide bonds. The second-order valence-corrected chi connectivity index (χ2v) is 3.91. The fraction of sp³-hybridized carbons (Fsp3) is 0.538. The Labute approximate surface area is 96.1 Å². The van der Waals surface area contributed by atoms with Crippen molar-refractivity contribution < 1.29 is 14.2 Å². The molecule has 90 valence electrons. The van der Waals surface area contributed by atoms with E-state index in [4.69, 9.17) is 4.74 Å². The van der Waals surface area contributed by atoms with E-state index >= 15 is 0 Å². The van der Waals surface area contributed by atoms with Crippen molar-refractivity contribution >= 4 is 0 Å². The van der Waals surface area contributed by atoms with Gasteiger partial charge in [0, 0.05) is 0 Å². The molecule has 3 heteroatoms. The van der Waals surface area contributed by atoms with Gasteiger partial charge >= 0.3 is 0 Å². The molecule has 1 atom stereocenters. The molecule has 1 N–H and O–H groups in total. The minimum atomic E-state index is -0.577. The van der Waals surface area contributed by atoms with Crippen LogP contribution in [0.3, 0.4) is 0 Å². The highest BCUT2D eigenvalue weighted by atomic mass is 19.1. The lowest BCUT2D eigenvalue weighted by Crippen LogP contribution is -1.99. The van der Waals surface area contributed by atoms with Gasteiger partial charge in [0.2, 0.25) is 0 Å². The summed E-state index contributed by atoms with van der Waals surface area (Å²) < 4.78 is 18.2. The second-order valence-electron chi connectivity index (χ2n) is 3.91. The van der Waals surface area contributed by atoms with Gasteiger partial charge in [-0.05, 0) is 24.1 Å². The highest BCUT2D eigenvalue weighted by Gasteiger charge is 2.10. The van der Waals surface area contributed by atoms with Crippen LogP contribution in [-0.2, 0) is 0 Å². The van der Waals surface area contributed by atoms with Crippen LogP contribution in [0.25, 0.3) is 0 Å². The molecule has 0 aliphatic rings. The molecule has 0 saturated carbocycles. The molecule has 0 radical (unpaired) electrons. The van der Waals surface area contributed by atoms with E-state index in [1.165, 1.54) is 13.2 Å². The lowest BCUT2D eigenvalue weighted by molar-refractivity contribution is 0.163. The Bertz CT molecular complexity index is 326. The van der Waals surface area contributed by atoms with Gasteiger partial charge in [0.05, 0.1) is 13.2 Å². The zero-order chi connectivity index (χ0) is 12.0. The van der Waals surface area contributed by atoms with Crippen molar-refractivity contribution in [2.24, 2.45) is 0 Å². The topological polar surface area (TPSA) is 29.5 Å². The van der Waals surface area contributed by atoms with E-state index in [0.29, 0.717) is 12.0 Å². The second kappa shape index (κ2) is 6.48. The summed E-state index contributed by atoms with van der Waals surface area (Å²) in [6.07, 6.45) is 3.27. The highest BCUT2D eigenvalue weighted by molar-refractivity contribution is 5.30. The number of hydrogen-bond acceptors (Lipinski definition) is 2. The molecule has 0 heterocycles. The van der Waals surface area contributed by atoms with E-state index in [1.807, 2.05) is 0 Å². The van der Waals surface area contributed by atoms with Crippen LogP contribution >= 0.6 is 0 Å². The maximum absolute atomic E-state index is 13.4. The number of benzene rings is 1. The zero-order valence-electron chi connectivity index (χ0n) is 9.87. The van der Waals surface area contributed by atoms with Crippen LogP contribution in [0, 0.1) is 5.82 Å². The molecule has 0 aliphatic carbocycles. The number of methoxy groups -OCH3 is 1. The average Bonchev–Trinajstić information content (AvgIpc) is 2.29. The van der Waals surface area contributed by atoms with Crippen LogP contribution in [0.5, 0.6) is 5.75 Å². The van der Waals surface area contributed by atoms with E-state index in [2.05, 4.69) is 6.92 Å². The van der Waals surface area contributed by atoms with Gasteiger partial charge in [-0.1, -0.05) is 32.3 Å². The van der Waals surface area contributed by atoms with Crippen LogP contribution in [0.4, 0.5) is 4.39 Å². The van der Waals surface area contributed by atoms with Crippen LogP contribution in [0.2, 0.25) is 0 Å². The summed E-state index contributed by atoms with van der Waals surface area (Å²) in [6.45, 7) is 2.11. The van der Waals surface area contributed by atoms with Crippen molar-refractivity contribution in [1.82, 2.24) is 0 Å². The minimum absolute atomic E-state index is 0.213. The molecule has 2 nitrogen and oxygen atoms in total. The third kappa shape index (κ3) is 3.49. The van der Waals surface area contributed by atoms with Crippen LogP contribution < -0.4 is 4.74 Å². The third-order valence-electron chi connectivity index (χ3n) is 2.64. The first-order chi connectivity index (χ1) is 7.69. The average molecular weight is 226 g/mol. The third-order valence-corrected chi connectivity index (χ3v) is 2.64. The van der Waals surface area contributed by atoms with Gasteiger partial charge in [0.15, 0.2) is 11.6 Å². The smallest absolute Gasteiger partial charge is 0.165 e. The summed E-state index contributed by atoms with van der Waals surface area (Å²) in [5.41, 5.74) is 0.620. The van der Waals surface area contributed by atoms with Crippen LogP contribution in [0.15, 0.2) is 18.2 Å². The predicted molar refractivity (Wildman–Crippen MR) is 62.1 cm³/mol. The molecule has 0 fully saturated rings. The van der Waals surface area contributed by atoms with Crippen molar-refractivity contribution in [2.75, 3.05) is 7.11 Å². The van der Waals surface area contributed by atoms with E-state index in [1.54, 1.807) is 12.1 Å². The van der Waals surface area contributed by atoms with Gasteiger partial charge in [-0.15, -0.1) is 0 Å². The Morgan fingerprint density at radius 3 is 2.69 bits per heavy atom. The summed E-state index contributed by atoms with van der Waals surface area (Å²) in [7, 11) is 1.43. The number of halogens is 1. The fourth-order valence-corrected chi connectivity index (χ4v) is 1.64. The maximum atomic E-state index is 13.4. The lowest BCUT2D eigenvalue weighted by Gasteiger charge is -2.11. The number of hydrogen-bond donors (Lipinski definition) is 1. The van der Waals surface area contributed by atoms with E-state index in [-0.39, 0.29) is 5.75 Å². The molecule has 0 aromatic heterocycles. The van der Waals surface area contributed by atoms with Crippen molar-refractivity contribution in [3.63, 3.8) is 0 Å². The summed E-state index contributed by atoms with van der Waals surface area (Å²) >= 11 is 0. The summed E-state index contributed by atoms with van der Waals surface area (Å²) in [4.78, 5) is 0. The van der Waals surface area contributed by atoms with Gasteiger partial charge in [-0.2, -0.15) is 0 Å². The predicted octanol–water partition coefficient (Wildman–Crippen LogP) is 3.45. The van der Waals surface area contributed by atoms with Crippen LogP contribution in [0.1, 0.15) is 44.3 Å². The van der Waals surface area contributed by atoms with Gasteiger partial charge in [0.25, 0.3) is 0 Å². The number of aliphatic hydroxyl groups excluding tert-OH is 1. The molecule has 0 aliphatic heterocycles. The zero-order valence-corrected chi connectivity index (χ0v) is 9.87. The Hall–Kier alpha value is -1.09. The lowest BCUT2D eigenvalue weighted by atomic mass is 10.0. The Morgan fingerprint density at radius 2 is 2.12 bits per heavy atom. The molecule has 1 rings (SSSR count). The number of ether oxygens (including phenoxy) is 1. The molecular formula is C13H19FO2. The molecular weight excluding hydrogens is 207 g/mol. The number of aliphatic hydroxyl groups is 1. The van der Waals surface area contributed by atoms with Crippen molar-refractivity contribution in [3.8, 4) is 5.75 Å². The van der Waals surface area contributed by atoms with Gasteiger partial charge in [-0.25, -0.2) is 4.39 Å². The Kier molecular flexibility index (Phi) is 5.26. The van der Waals surface area contributed by atoms with Gasteiger partial charge in [0.1, 0.15) is 0 Å². The summed E-state index contributed by atoms with van der Waals surface area (Å²) in [5.74, 6) is -0.209. The molecule has 1 aromatic rings. The van der Waals surface area contributed by atoms with E-state index in [9.17, 15) is 9.50 Å². The minimum Gasteiger partial charge on any atom is -0.494 e. The molecule has 1 unspecified atom stereocenters. The van der Waals surface area contributed by atoms with E-state index in [0.717, 1.165) is 19.3 Å². The first kappa shape index (κ1) is 13.0. The molecule has 16 heavy (non-hydrogen) atoms. The highest BCUT2D eigenvalue weighted by Crippen LogP contribution is 2.24. The normalized spacial score (nSPS) is 12.5. The summed E-state index contributed by atoms with van der Waals surface area (Å²) in [5, 5.41) is 9.83. The van der Waals surface area contributed by atoms with E-state index < -0.39 is 11.9 Å². The van der Waals surface area contributed by atoms with Gasteiger partial charge < -0.3 is 9.84 Å². The maximum Gasteiger partial charge on any atom is 0.165 e. The van der Waals surface area contributed by atoms with Gasteiger partial charge in [-0.3, -0.25) is 0 Å². The molecule has 0 bridgehead atoms. The molecule has 1 aromatic carbocycles. The standard InChI is InChI=1S/C13H19FO2/c1-3-4-5-6-12(15)10-7-8-13(16-2)11(14)9-10/h7-9,12,15H,3-6H2,1-2H3. The first-order valence-electron chi connectivity index (χ1n) is 5.70. The number of rotatable bonds is 6. The van der Waals surface area contributed by atoms with Crippen molar-refractivity contribution in [2.45, 2.75) is 38.7 Å². The van der Waals surface area contributed by atoms with Crippen LogP contribution in [-0.4, -0.2) is 12.2 Å². The van der Waals surface area contributed by atoms with Crippen molar-refractivity contribution in [1.29, 1.82) is 0 Å². The molecule has 0 spiro atoms. The Balaban J connectivity index is 2.62. The molecule has 0 saturated heterocycles. The summed E-state index contributed by atoms with van der Waals surface area (Å²) in [6, 6.07) is 4.60. The quantitative estimate of drug-likeness (QED) is 0.753. The number of unbranched alkanes of at least 4 members (excludes halogenated alkanes) is 2. The van der Waals surface area contributed by atoms with Crippen molar-refractivity contribution in [3.05, 3.63) is 29.6 Å². The fourth-order valence-electron chi connectivity index (χ4n) is 1.64. The Morgan fingerprint density at radius 1 is 1.38 bits per heavy atom. The SMILES string of the molecule is CCCCCC(O)c1ccc(OC)c(F)c1.